The molecular formula is C13H10O3. The van der Waals surface area contributed by atoms with Crippen molar-refractivity contribution in [3.8, 4) is 17.2 Å². The first-order chi connectivity index (χ1) is 7.79. The fourth-order valence-electron chi connectivity index (χ4n) is 1.34. The molecule has 0 aliphatic rings. The number of ether oxygens (including phenoxy) is 1. The summed E-state index contributed by atoms with van der Waals surface area (Å²) in [6.45, 7) is 0. The minimum absolute atomic E-state index is 0.126. The van der Waals surface area contributed by atoms with Gasteiger partial charge in [0.2, 0.25) is 0 Å². The third kappa shape index (κ3) is 2.20. The quantitative estimate of drug-likeness (QED) is 0.799. The van der Waals surface area contributed by atoms with Crippen molar-refractivity contribution in [2.75, 3.05) is 0 Å². The molecule has 0 fully saturated rings. The van der Waals surface area contributed by atoms with E-state index in [4.69, 9.17) is 4.74 Å². The van der Waals surface area contributed by atoms with Gasteiger partial charge < -0.3 is 9.84 Å². The second-order valence-electron chi connectivity index (χ2n) is 3.26. The molecule has 3 nitrogen and oxygen atoms in total. The van der Waals surface area contributed by atoms with E-state index in [1.807, 2.05) is 0 Å². The van der Waals surface area contributed by atoms with E-state index in [0.29, 0.717) is 17.1 Å². The minimum atomic E-state index is 0.126. The number of hydrogen-bond acceptors (Lipinski definition) is 3. The number of para-hydroxylation sites is 1. The number of phenolic OH excluding ortho intramolecular Hbond substituents is 1. The predicted molar refractivity (Wildman–Crippen MR) is 60.0 cm³/mol. The zero-order valence-electron chi connectivity index (χ0n) is 8.46. The highest BCUT2D eigenvalue weighted by Crippen LogP contribution is 2.26. The Kier molecular flexibility index (Phi) is 2.87. The molecule has 0 atom stereocenters. The Balaban J connectivity index is 2.30. The van der Waals surface area contributed by atoms with Crippen molar-refractivity contribution in [2.24, 2.45) is 0 Å². The lowest BCUT2D eigenvalue weighted by molar-refractivity contribution is 0.112. The molecule has 16 heavy (non-hydrogen) atoms. The first kappa shape index (κ1) is 10.2. The van der Waals surface area contributed by atoms with E-state index >= 15 is 0 Å². The van der Waals surface area contributed by atoms with Crippen LogP contribution in [0, 0.1) is 0 Å². The summed E-state index contributed by atoms with van der Waals surface area (Å²) in [5.74, 6) is 1.10. The Labute approximate surface area is 92.9 Å². The van der Waals surface area contributed by atoms with Gasteiger partial charge in [-0.2, -0.15) is 0 Å². The molecule has 0 saturated carbocycles. The lowest BCUT2D eigenvalue weighted by atomic mass is 10.2. The van der Waals surface area contributed by atoms with E-state index in [2.05, 4.69) is 0 Å². The van der Waals surface area contributed by atoms with Gasteiger partial charge in [-0.3, -0.25) is 4.79 Å². The maximum atomic E-state index is 10.8. The van der Waals surface area contributed by atoms with Crippen molar-refractivity contribution in [3.05, 3.63) is 54.1 Å². The van der Waals surface area contributed by atoms with Gasteiger partial charge in [-0.15, -0.1) is 0 Å². The smallest absolute Gasteiger partial charge is 0.153 e. The van der Waals surface area contributed by atoms with Crippen LogP contribution < -0.4 is 4.74 Å². The normalized spacial score (nSPS) is 9.75. The fraction of sp³-hybridized carbons (Fsp3) is 0. The first-order valence-corrected chi connectivity index (χ1v) is 4.80. The summed E-state index contributed by atoms with van der Waals surface area (Å²) in [5.41, 5.74) is 0.478. The summed E-state index contributed by atoms with van der Waals surface area (Å²) < 4.78 is 5.49. The van der Waals surface area contributed by atoms with Gasteiger partial charge in [-0.05, 0) is 24.3 Å². The zero-order valence-corrected chi connectivity index (χ0v) is 8.46. The molecule has 1 N–H and O–H groups in total. The molecule has 0 heterocycles. The van der Waals surface area contributed by atoms with Gasteiger partial charge in [0.15, 0.2) is 6.29 Å². The van der Waals surface area contributed by atoms with Gasteiger partial charge in [0.1, 0.15) is 17.2 Å². The number of hydrogen-bond donors (Lipinski definition) is 1. The van der Waals surface area contributed by atoms with Crippen molar-refractivity contribution in [2.45, 2.75) is 0 Å². The average molecular weight is 214 g/mol. The summed E-state index contributed by atoms with van der Waals surface area (Å²) >= 11 is 0. The van der Waals surface area contributed by atoms with Crippen molar-refractivity contribution < 1.29 is 14.6 Å². The summed E-state index contributed by atoms with van der Waals surface area (Å²) in [6, 6.07) is 13.3. The molecule has 0 bridgehead atoms. The van der Waals surface area contributed by atoms with Crippen LogP contribution in [-0.2, 0) is 0 Å². The summed E-state index contributed by atoms with van der Waals surface area (Å²) in [4.78, 5) is 10.8. The number of aromatic hydroxyl groups is 1. The monoisotopic (exact) mass is 214 g/mol. The standard InChI is InChI=1S/C13H10O3/c14-9-10-4-1-2-7-13(10)16-12-6-3-5-11(15)8-12/h1-9,15H. The Morgan fingerprint density at radius 1 is 1.06 bits per heavy atom. The zero-order chi connectivity index (χ0) is 11.4. The largest absolute Gasteiger partial charge is 0.508 e. The van der Waals surface area contributed by atoms with E-state index in [1.54, 1.807) is 42.5 Å². The highest BCUT2D eigenvalue weighted by atomic mass is 16.5. The lowest BCUT2D eigenvalue weighted by Gasteiger charge is -2.07. The lowest BCUT2D eigenvalue weighted by Crippen LogP contribution is -1.89. The Morgan fingerprint density at radius 2 is 1.88 bits per heavy atom. The van der Waals surface area contributed by atoms with Crippen LogP contribution >= 0.6 is 0 Å². The van der Waals surface area contributed by atoms with Gasteiger partial charge in [0.25, 0.3) is 0 Å². The predicted octanol–water partition coefficient (Wildman–Crippen LogP) is 3.00. The summed E-state index contributed by atoms with van der Waals surface area (Å²) in [7, 11) is 0. The highest BCUT2D eigenvalue weighted by molar-refractivity contribution is 5.79. The van der Waals surface area contributed by atoms with Gasteiger partial charge >= 0.3 is 0 Å². The SMILES string of the molecule is O=Cc1ccccc1Oc1cccc(O)c1. The van der Waals surface area contributed by atoms with Gasteiger partial charge in [-0.25, -0.2) is 0 Å². The molecule has 2 aromatic carbocycles. The van der Waals surface area contributed by atoms with Crippen molar-refractivity contribution >= 4 is 6.29 Å². The first-order valence-electron chi connectivity index (χ1n) is 4.80. The molecule has 0 spiro atoms. The molecule has 0 aliphatic carbocycles. The van der Waals surface area contributed by atoms with E-state index < -0.39 is 0 Å². The van der Waals surface area contributed by atoms with Gasteiger partial charge in [-0.1, -0.05) is 18.2 Å². The van der Waals surface area contributed by atoms with Crippen LogP contribution in [0.2, 0.25) is 0 Å². The molecule has 0 aromatic heterocycles. The van der Waals surface area contributed by atoms with Crippen LogP contribution in [0.15, 0.2) is 48.5 Å². The highest BCUT2D eigenvalue weighted by Gasteiger charge is 2.03. The van der Waals surface area contributed by atoms with Gasteiger partial charge in [0.05, 0.1) is 5.56 Å². The number of carbonyl (C=O) groups is 1. The topological polar surface area (TPSA) is 46.5 Å². The molecule has 80 valence electrons. The molecule has 0 unspecified atom stereocenters. The Morgan fingerprint density at radius 3 is 2.62 bits per heavy atom. The fourth-order valence-corrected chi connectivity index (χ4v) is 1.34. The van der Waals surface area contributed by atoms with E-state index in [9.17, 15) is 9.90 Å². The van der Waals surface area contributed by atoms with Crippen LogP contribution in [0.3, 0.4) is 0 Å². The van der Waals surface area contributed by atoms with Crippen LogP contribution in [0.1, 0.15) is 10.4 Å². The Hall–Kier alpha value is -2.29. The number of aldehydes is 1. The molecule has 0 aliphatic heterocycles. The van der Waals surface area contributed by atoms with Crippen molar-refractivity contribution in [1.29, 1.82) is 0 Å². The molecule has 0 amide bonds. The van der Waals surface area contributed by atoms with Crippen LogP contribution in [0.5, 0.6) is 17.2 Å². The maximum absolute atomic E-state index is 10.8. The molecule has 3 heteroatoms. The second kappa shape index (κ2) is 4.49. The third-order valence-corrected chi connectivity index (χ3v) is 2.09. The number of phenols is 1. The van der Waals surface area contributed by atoms with Crippen molar-refractivity contribution in [1.82, 2.24) is 0 Å². The summed E-state index contributed by atoms with van der Waals surface area (Å²) in [5, 5.41) is 9.27. The Bertz CT molecular complexity index is 506. The number of benzene rings is 2. The van der Waals surface area contributed by atoms with Crippen LogP contribution in [-0.4, -0.2) is 11.4 Å². The molecule has 0 radical (unpaired) electrons. The van der Waals surface area contributed by atoms with Crippen LogP contribution in [0.25, 0.3) is 0 Å². The van der Waals surface area contributed by atoms with Crippen LogP contribution in [0.4, 0.5) is 0 Å². The average Bonchev–Trinajstić information content (AvgIpc) is 2.30. The van der Waals surface area contributed by atoms with E-state index in [1.165, 1.54) is 6.07 Å². The number of rotatable bonds is 3. The molecule has 2 aromatic rings. The minimum Gasteiger partial charge on any atom is -0.508 e. The molecule has 0 saturated heterocycles. The van der Waals surface area contributed by atoms with Crippen molar-refractivity contribution in [3.63, 3.8) is 0 Å². The maximum Gasteiger partial charge on any atom is 0.153 e. The summed E-state index contributed by atoms with van der Waals surface area (Å²) in [6.07, 6.45) is 0.734. The van der Waals surface area contributed by atoms with E-state index in [-0.39, 0.29) is 5.75 Å². The molecular weight excluding hydrogens is 204 g/mol. The third-order valence-electron chi connectivity index (χ3n) is 2.09. The van der Waals surface area contributed by atoms with E-state index in [0.717, 1.165) is 6.29 Å². The van der Waals surface area contributed by atoms with Gasteiger partial charge in [0, 0.05) is 6.07 Å². The second-order valence-corrected chi connectivity index (χ2v) is 3.26. The molecule has 2 rings (SSSR count). The number of carbonyl (C=O) groups excluding carboxylic acids is 1.